The normalized spacial score (nSPS) is 9.79. The first-order chi connectivity index (χ1) is 9.08. The Hall–Kier alpha value is -0.690. The van der Waals surface area contributed by atoms with Gasteiger partial charge in [-0.25, -0.2) is 0 Å². The lowest BCUT2D eigenvalue weighted by atomic mass is 10.0. The monoisotopic (exact) mass is 314 g/mol. The lowest BCUT2D eigenvalue weighted by molar-refractivity contribution is 1.14. The second-order valence-electron chi connectivity index (χ2n) is 3.86. The molecule has 102 valence electrons. The molecule has 2 aromatic carbocycles. The molecule has 0 aliphatic heterocycles. The average molecular weight is 316 g/mol. The first-order valence-corrected chi connectivity index (χ1v) is 7.48. The fraction of sp³-hybridized carbons (Fsp3) is 0.250. The molecule has 3 heteroatoms. The Bertz CT molecular complexity index is 527. The Labute approximate surface area is 130 Å². The fourth-order valence-electron chi connectivity index (χ4n) is 1.74. The van der Waals surface area contributed by atoms with Gasteiger partial charge in [-0.15, -0.1) is 0 Å². The van der Waals surface area contributed by atoms with Crippen LogP contribution in [0.15, 0.2) is 36.4 Å². The van der Waals surface area contributed by atoms with E-state index in [2.05, 4.69) is 13.0 Å². The summed E-state index contributed by atoms with van der Waals surface area (Å²) in [5.74, 6) is 0. The summed E-state index contributed by atoms with van der Waals surface area (Å²) in [6.07, 6.45) is 0.946. The second-order valence-corrected chi connectivity index (χ2v) is 5.17. The number of benzene rings is 2. The molecule has 0 saturated carbocycles. The van der Waals surface area contributed by atoms with E-state index in [1.165, 1.54) is 5.56 Å². The van der Waals surface area contributed by atoms with Crippen molar-refractivity contribution in [1.29, 1.82) is 0 Å². The van der Waals surface area contributed by atoms with Gasteiger partial charge in [0.05, 0.1) is 0 Å². The van der Waals surface area contributed by atoms with Crippen LogP contribution in [0.4, 0.5) is 0 Å². The minimum atomic E-state index is 0.630. The van der Waals surface area contributed by atoms with Crippen LogP contribution in [0.1, 0.15) is 26.3 Å². The van der Waals surface area contributed by atoms with Crippen LogP contribution in [0.5, 0.6) is 0 Å². The van der Waals surface area contributed by atoms with Gasteiger partial charge in [0.25, 0.3) is 0 Å². The molecule has 0 aliphatic rings. The lowest BCUT2D eigenvalue weighted by Crippen LogP contribution is -1.84. The van der Waals surface area contributed by atoms with Crippen LogP contribution in [0.25, 0.3) is 11.1 Å². The molecule has 0 saturated heterocycles. The van der Waals surface area contributed by atoms with Crippen molar-refractivity contribution in [3.63, 3.8) is 0 Å². The average Bonchev–Trinajstić information content (AvgIpc) is 2.39. The Kier molecular flexibility index (Phi) is 6.71. The minimum Gasteiger partial charge on any atom is -0.0843 e. The number of hydrogen-bond acceptors (Lipinski definition) is 0. The van der Waals surface area contributed by atoms with E-state index >= 15 is 0 Å². The molecule has 0 heterocycles. The molecule has 0 bridgehead atoms. The smallest absolute Gasteiger partial charge is 0.0426 e. The van der Waals surface area contributed by atoms with Crippen molar-refractivity contribution in [3.8, 4) is 11.1 Å². The van der Waals surface area contributed by atoms with Gasteiger partial charge in [-0.1, -0.05) is 61.6 Å². The van der Waals surface area contributed by atoms with Crippen molar-refractivity contribution in [2.75, 3.05) is 0 Å². The van der Waals surface area contributed by atoms with E-state index in [0.29, 0.717) is 10.0 Å². The molecule has 2 aromatic rings. The maximum atomic E-state index is 6.09. The van der Waals surface area contributed by atoms with Crippen molar-refractivity contribution in [1.82, 2.24) is 0 Å². The number of rotatable bonds is 2. The molecule has 2 rings (SSSR count). The molecule has 0 unspecified atom stereocenters. The molecular formula is C16H17Cl3. The largest absolute Gasteiger partial charge is 0.0843 e. The van der Waals surface area contributed by atoms with Gasteiger partial charge in [-0.2, -0.15) is 0 Å². The van der Waals surface area contributed by atoms with Crippen LogP contribution >= 0.6 is 34.8 Å². The summed E-state index contributed by atoms with van der Waals surface area (Å²) in [5, 5.41) is 1.99. The van der Waals surface area contributed by atoms with Gasteiger partial charge < -0.3 is 0 Å². The summed E-state index contributed by atoms with van der Waals surface area (Å²) in [7, 11) is 0. The predicted molar refractivity (Wildman–Crippen MR) is 87.6 cm³/mol. The van der Waals surface area contributed by atoms with Crippen LogP contribution in [0.2, 0.25) is 15.1 Å². The van der Waals surface area contributed by atoms with E-state index in [1.54, 1.807) is 6.07 Å². The molecule has 0 radical (unpaired) electrons. The molecule has 0 aromatic heterocycles. The van der Waals surface area contributed by atoms with Gasteiger partial charge in [-0.05, 0) is 53.4 Å². The maximum absolute atomic E-state index is 6.09. The lowest BCUT2D eigenvalue weighted by Gasteiger charge is -2.07. The molecule has 0 atom stereocenters. The van der Waals surface area contributed by atoms with Crippen LogP contribution in [0, 0.1) is 0 Å². The summed E-state index contributed by atoms with van der Waals surface area (Å²) in [6, 6.07) is 11.5. The third-order valence-electron chi connectivity index (χ3n) is 2.56. The van der Waals surface area contributed by atoms with E-state index in [1.807, 2.05) is 38.1 Å². The summed E-state index contributed by atoms with van der Waals surface area (Å²) < 4.78 is 0. The highest BCUT2D eigenvalue weighted by Crippen LogP contribution is 2.29. The number of hydrogen-bond donors (Lipinski definition) is 0. The van der Waals surface area contributed by atoms with Gasteiger partial charge in [0.2, 0.25) is 0 Å². The van der Waals surface area contributed by atoms with Gasteiger partial charge in [-0.3, -0.25) is 0 Å². The Morgan fingerprint density at radius 1 is 0.684 bits per heavy atom. The van der Waals surface area contributed by atoms with E-state index in [4.69, 9.17) is 34.8 Å². The maximum Gasteiger partial charge on any atom is 0.0426 e. The fourth-order valence-corrected chi connectivity index (χ4v) is 2.53. The number of halogens is 3. The van der Waals surface area contributed by atoms with Crippen LogP contribution in [-0.2, 0) is 6.42 Å². The standard InChI is InChI=1S/C14H11Cl3.C2H6/c1-2-9-3-10(5-12(15)4-9)11-6-13(16)8-14(17)7-11;1-2/h3-8H,2H2,1H3;1-2H3. The predicted octanol–water partition coefficient (Wildman–Crippen LogP) is 6.90. The molecule has 0 fully saturated rings. The van der Waals surface area contributed by atoms with Crippen molar-refractivity contribution in [2.45, 2.75) is 27.2 Å². The third-order valence-corrected chi connectivity index (χ3v) is 3.22. The highest BCUT2D eigenvalue weighted by atomic mass is 35.5. The topological polar surface area (TPSA) is 0 Å². The van der Waals surface area contributed by atoms with Gasteiger partial charge in [0, 0.05) is 15.1 Å². The summed E-state index contributed by atoms with van der Waals surface area (Å²) in [5.41, 5.74) is 3.22. The second kappa shape index (κ2) is 7.79. The molecular weight excluding hydrogens is 299 g/mol. The Morgan fingerprint density at radius 3 is 1.58 bits per heavy atom. The highest BCUT2D eigenvalue weighted by molar-refractivity contribution is 6.35. The SMILES string of the molecule is CC.CCc1cc(Cl)cc(-c2cc(Cl)cc(Cl)c2)c1. The van der Waals surface area contributed by atoms with Crippen molar-refractivity contribution in [3.05, 3.63) is 57.0 Å². The van der Waals surface area contributed by atoms with Gasteiger partial charge in [0.1, 0.15) is 0 Å². The van der Waals surface area contributed by atoms with E-state index < -0.39 is 0 Å². The van der Waals surface area contributed by atoms with Crippen LogP contribution in [-0.4, -0.2) is 0 Å². The first-order valence-electron chi connectivity index (χ1n) is 6.34. The summed E-state index contributed by atoms with van der Waals surface area (Å²) >= 11 is 18.1. The zero-order chi connectivity index (χ0) is 14.4. The zero-order valence-electron chi connectivity index (χ0n) is 11.3. The van der Waals surface area contributed by atoms with Crippen molar-refractivity contribution in [2.24, 2.45) is 0 Å². The Morgan fingerprint density at radius 2 is 1.11 bits per heavy atom. The molecule has 19 heavy (non-hydrogen) atoms. The van der Waals surface area contributed by atoms with Gasteiger partial charge >= 0.3 is 0 Å². The van der Waals surface area contributed by atoms with Crippen molar-refractivity contribution < 1.29 is 0 Å². The molecule has 0 amide bonds. The Balaban J connectivity index is 0.000000861. The van der Waals surface area contributed by atoms with E-state index in [0.717, 1.165) is 22.6 Å². The molecule has 0 spiro atoms. The summed E-state index contributed by atoms with van der Waals surface area (Å²) in [4.78, 5) is 0. The number of aryl methyl sites for hydroxylation is 1. The van der Waals surface area contributed by atoms with Crippen LogP contribution < -0.4 is 0 Å². The van der Waals surface area contributed by atoms with E-state index in [-0.39, 0.29) is 0 Å². The quantitative estimate of drug-likeness (QED) is 0.565. The first kappa shape index (κ1) is 16.4. The highest BCUT2D eigenvalue weighted by Gasteiger charge is 2.04. The zero-order valence-corrected chi connectivity index (χ0v) is 13.6. The van der Waals surface area contributed by atoms with Crippen molar-refractivity contribution >= 4 is 34.8 Å². The van der Waals surface area contributed by atoms with Crippen LogP contribution in [0.3, 0.4) is 0 Å². The molecule has 0 aliphatic carbocycles. The van der Waals surface area contributed by atoms with Gasteiger partial charge in [0.15, 0.2) is 0 Å². The molecule has 0 N–H and O–H groups in total. The van der Waals surface area contributed by atoms with E-state index in [9.17, 15) is 0 Å². The third kappa shape index (κ3) is 4.72. The molecule has 0 nitrogen and oxygen atoms in total. The minimum absolute atomic E-state index is 0.630. The summed E-state index contributed by atoms with van der Waals surface area (Å²) in [6.45, 7) is 6.10.